The summed E-state index contributed by atoms with van der Waals surface area (Å²) in [5.74, 6) is 0.00213. The molecule has 0 aromatic carbocycles. The Kier molecular flexibility index (Phi) is 2.09. The molecule has 3 aliphatic rings. The smallest absolute Gasteiger partial charge is 0.335 e. The molecule has 92 valence electrons. The molecule has 1 N–H and O–H groups in total. The summed E-state index contributed by atoms with van der Waals surface area (Å²) in [5, 5.41) is 10.4. The maximum atomic E-state index is 11.8. The van der Waals surface area contributed by atoms with E-state index in [-0.39, 0.29) is 23.2 Å². The number of aliphatic hydroxyl groups excluding tert-OH is 1. The zero-order chi connectivity index (χ0) is 12.4. The summed E-state index contributed by atoms with van der Waals surface area (Å²) in [5.41, 5.74) is 2.77. The molecule has 0 aromatic rings. The molecule has 1 heterocycles. The van der Waals surface area contributed by atoms with Gasteiger partial charge in [0.1, 0.15) is 6.61 Å². The highest BCUT2D eigenvalue weighted by molar-refractivity contribution is 5.94. The summed E-state index contributed by atoms with van der Waals surface area (Å²) >= 11 is 0. The zero-order valence-corrected chi connectivity index (χ0v) is 10.5. The molecule has 0 spiro atoms. The number of carbonyl (C=O) groups excluding carboxylic acids is 1. The standard InChI is InChI=1S/C14H18O3/c1-7-4-8-5-14(2,3)12(15)10(8)11-9(7)6-17-13(11)16/h4,8,10,12,15H,5-6H2,1-3H3. The highest BCUT2D eigenvalue weighted by atomic mass is 16.5. The lowest BCUT2D eigenvalue weighted by Crippen LogP contribution is -2.32. The van der Waals surface area contributed by atoms with Crippen molar-refractivity contribution in [1.82, 2.24) is 0 Å². The molecule has 1 aliphatic heterocycles. The van der Waals surface area contributed by atoms with Gasteiger partial charge in [0.15, 0.2) is 0 Å². The van der Waals surface area contributed by atoms with Gasteiger partial charge in [-0.05, 0) is 30.3 Å². The molecule has 3 atom stereocenters. The molecule has 1 fully saturated rings. The Morgan fingerprint density at radius 1 is 1.47 bits per heavy atom. The normalized spacial score (nSPS) is 38.7. The first kappa shape index (κ1) is 11.0. The second kappa shape index (κ2) is 3.22. The summed E-state index contributed by atoms with van der Waals surface area (Å²) in [6.07, 6.45) is 2.69. The van der Waals surface area contributed by atoms with Crippen molar-refractivity contribution in [2.24, 2.45) is 17.3 Å². The van der Waals surface area contributed by atoms with E-state index in [1.54, 1.807) is 0 Å². The molecule has 0 saturated heterocycles. The van der Waals surface area contributed by atoms with E-state index in [0.717, 1.165) is 23.1 Å². The first-order chi connectivity index (χ1) is 7.92. The minimum atomic E-state index is -0.451. The largest absolute Gasteiger partial charge is 0.457 e. The second-order valence-electron chi connectivity index (χ2n) is 6.15. The van der Waals surface area contributed by atoms with E-state index in [2.05, 4.69) is 19.9 Å². The SMILES string of the molecule is CC1=CC2CC(C)(C)C(O)C2C2=C1COC2=O. The van der Waals surface area contributed by atoms with E-state index in [1.165, 1.54) is 0 Å². The van der Waals surface area contributed by atoms with Gasteiger partial charge in [-0.3, -0.25) is 0 Å². The van der Waals surface area contributed by atoms with Crippen LogP contribution in [0.2, 0.25) is 0 Å². The molecule has 3 heteroatoms. The molecule has 0 amide bonds. The number of hydrogen-bond acceptors (Lipinski definition) is 3. The van der Waals surface area contributed by atoms with Crippen molar-refractivity contribution in [3.8, 4) is 0 Å². The Labute approximate surface area is 101 Å². The molecule has 0 radical (unpaired) electrons. The predicted molar refractivity (Wildman–Crippen MR) is 63.1 cm³/mol. The van der Waals surface area contributed by atoms with Crippen molar-refractivity contribution in [2.45, 2.75) is 33.3 Å². The topological polar surface area (TPSA) is 46.5 Å². The summed E-state index contributed by atoms with van der Waals surface area (Å²) in [6, 6.07) is 0. The molecule has 17 heavy (non-hydrogen) atoms. The fraction of sp³-hybridized carbons (Fsp3) is 0.643. The van der Waals surface area contributed by atoms with E-state index in [1.807, 2.05) is 6.92 Å². The molecule has 3 unspecified atom stereocenters. The average molecular weight is 234 g/mol. The molecule has 2 aliphatic carbocycles. The van der Waals surface area contributed by atoms with Crippen LogP contribution in [0.15, 0.2) is 22.8 Å². The van der Waals surface area contributed by atoms with Crippen molar-refractivity contribution in [1.29, 1.82) is 0 Å². The molecule has 0 aromatic heterocycles. The third-order valence-electron chi connectivity index (χ3n) is 4.53. The summed E-state index contributed by atoms with van der Waals surface area (Å²) < 4.78 is 5.13. The van der Waals surface area contributed by atoms with E-state index in [9.17, 15) is 9.90 Å². The third-order valence-corrected chi connectivity index (χ3v) is 4.53. The molecular weight excluding hydrogens is 216 g/mol. The first-order valence-corrected chi connectivity index (χ1v) is 6.19. The van der Waals surface area contributed by atoms with Crippen molar-refractivity contribution >= 4 is 5.97 Å². The van der Waals surface area contributed by atoms with Crippen LogP contribution >= 0.6 is 0 Å². The van der Waals surface area contributed by atoms with E-state index >= 15 is 0 Å². The average Bonchev–Trinajstić information content (AvgIpc) is 2.69. The number of fused-ring (bicyclic) bond motifs is 2. The minimum Gasteiger partial charge on any atom is -0.457 e. The van der Waals surface area contributed by atoms with E-state index in [0.29, 0.717) is 6.61 Å². The van der Waals surface area contributed by atoms with Crippen LogP contribution in [0.4, 0.5) is 0 Å². The van der Waals surface area contributed by atoms with Gasteiger partial charge in [-0.25, -0.2) is 4.79 Å². The van der Waals surface area contributed by atoms with Crippen LogP contribution in [0.1, 0.15) is 27.2 Å². The fourth-order valence-electron chi connectivity index (χ4n) is 3.61. The van der Waals surface area contributed by atoms with Gasteiger partial charge in [0.2, 0.25) is 0 Å². The number of ether oxygens (including phenoxy) is 1. The number of cyclic esters (lactones) is 1. The third kappa shape index (κ3) is 1.35. The minimum absolute atomic E-state index is 0.0568. The van der Waals surface area contributed by atoms with Gasteiger partial charge in [0.05, 0.1) is 11.7 Å². The number of esters is 1. The monoisotopic (exact) mass is 234 g/mol. The van der Waals surface area contributed by atoms with Gasteiger partial charge in [-0.2, -0.15) is 0 Å². The van der Waals surface area contributed by atoms with Crippen LogP contribution < -0.4 is 0 Å². The van der Waals surface area contributed by atoms with Gasteiger partial charge < -0.3 is 9.84 Å². The number of hydrogen-bond donors (Lipinski definition) is 1. The van der Waals surface area contributed by atoms with Gasteiger partial charge in [0.25, 0.3) is 0 Å². The number of carbonyl (C=O) groups is 1. The Hall–Kier alpha value is -1.09. The molecule has 0 bridgehead atoms. The fourth-order valence-corrected chi connectivity index (χ4v) is 3.61. The first-order valence-electron chi connectivity index (χ1n) is 6.19. The van der Waals surface area contributed by atoms with Crippen LogP contribution in [0, 0.1) is 17.3 Å². The number of aliphatic hydroxyl groups is 1. The molecule has 1 saturated carbocycles. The van der Waals surface area contributed by atoms with Crippen LogP contribution in [0.25, 0.3) is 0 Å². The Morgan fingerprint density at radius 3 is 2.88 bits per heavy atom. The van der Waals surface area contributed by atoms with Crippen molar-refractivity contribution < 1.29 is 14.6 Å². The second-order valence-corrected chi connectivity index (χ2v) is 6.15. The maximum Gasteiger partial charge on any atom is 0.335 e. The summed E-state index contributed by atoms with van der Waals surface area (Å²) in [7, 11) is 0. The highest BCUT2D eigenvalue weighted by Gasteiger charge is 2.53. The Morgan fingerprint density at radius 2 is 2.18 bits per heavy atom. The quantitative estimate of drug-likeness (QED) is 0.650. The zero-order valence-electron chi connectivity index (χ0n) is 10.5. The van der Waals surface area contributed by atoms with E-state index < -0.39 is 6.10 Å². The molecular formula is C14H18O3. The lowest BCUT2D eigenvalue weighted by atomic mass is 9.78. The predicted octanol–water partition coefficient (Wildman–Crippen LogP) is 1.82. The van der Waals surface area contributed by atoms with Crippen LogP contribution in [0.3, 0.4) is 0 Å². The van der Waals surface area contributed by atoms with Crippen molar-refractivity contribution in [2.75, 3.05) is 6.61 Å². The van der Waals surface area contributed by atoms with Crippen molar-refractivity contribution in [3.63, 3.8) is 0 Å². The molecule has 3 nitrogen and oxygen atoms in total. The Bertz CT molecular complexity index is 456. The van der Waals surface area contributed by atoms with Crippen LogP contribution in [-0.2, 0) is 9.53 Å². The summed E-state index contributed by atoms with van der Waals surface area (Å²) in [4.78, 5) is 11.8. The van der Waals surface area contributed by atoms with Gasteiger partial charge >= 0.3 is 5.97 Å². The van der Waals surface area contributed by atoms with Gasteiger partial charge in [-0.1, -0.05) is 19.9 Å². The van der Waals surface area contributed by atoms with Crippen LogP contribution in [0.5, 0.6) is 0 Å². The lowest BCUT2D eigenvalue weighted by molar-refractivity contribution is -0.137. The van der Waals surface area contributed by atoms with Gasteiger partial charge in [0, 0.05) is 11.5 Å². The highest BCUT2D eigenvalue weighted by Crippen LogP contribution is 2.53. The number of rotatable bonds is 0. The van der Waals surface area contributed by atoms with Crippen LogP contribution in [-0.4, -0.2) is 23.8 Å². The Balaban J connectivity index is 2.10. The lowest BCUT2D eigenvalue weighted by Gasteiger charge is -2.27. The molecule has 3 rings (SSSR count). The summed E-state index contributed by atoms with van der Waals surface area (Å²) in [6.45, 7) is 6.55. The van der Waals surface area contributed by atoms with E-state index in [4.69, 9.17) is 4.74 Å². The number of allylic oxidation sites excluding steroid dienone is 1. The van der Waals surface area contributed by atoms with Crippen molar-refractivity contribution in [3.05, 3.63) is 22.8 Å². The van der Waals surface area contributed by atoms with Gasteiger partial charge in [-0.15, -0.1) is 0 Å². The maximum absolute atomic E-state index is 11.8.